The molecule has 1 saturated heterocycles. The predicted octanol–water partition coefficient (Wildman–Crippen LogP) is 3.35. The Morgan fingerprint density at radius 3 is 2.65 bits per heavy atom. The van der Waals surface area contributed by atoms with Gasteiger partial charge in [-0.15, -0.1) is 0 Å². The molecular weight excluding hydrogens is 350 g/mol. The van der Waals surface area contributed by atoms with Gasteiger partial charge in [0.15, 0.2) is 0 Å². The van der Waals surface area contributed by atoms with E-state index in [4.69, 9.17) is 9.47 Å². The molecule has 0 aromatic heterocycles. The first kappa shape index (κ1) is 13.2. The molecule has 94 valence electrons. The van der Waals surface area contributed by atoms with E-state index < -0.39 is 0 Å². The molecule has 3 nitrogen and oxygen atoms in total. The summed E-state index contributed by atoms with van der Waals surface area (Å²) >= 11 is 6.94. The highest BCUT2D eigenvalue weighted by atomic mass is 79.9. The van der Waals surface area contributed by atoms with Gasteiger partial charge in [-0.25, -0.2) is 0 Å². The average molecular weight is 365 g/mol. The maximum atomic E-state index is 5.81. The molecule has 1 N–H and O–H groups in total. The van der Waals surface area contributed by atoms with Crippen molar-refractivity contribution in [3.05, 3.63) is 21.1 Å². The summed E-state index contributed by atoms with van der Waals surface area (Å²) in [6, 6.07) is 4.31. The van der Waals surface area contributed by atoms with Crippen LogP contribution in [0.25, 0.3) is 0 Å². The first-order valence-electron chi connectivity index (χ1n) is 5.60. The van der Waals surface area contributed by atoms with Crippen LogP contribution in [0.2, 0.25) is 0 Å². The van der Waals surface area contributed by atoms with Gasteiger partial charge in [-0.1, -0.05) is 0 Å². The molecule has 0 unspecified atom stereocenters. The summed E-state index contributed by atoms with van der Waals surface area (Å²) in [5.74, 6) is 1.63. The monoisotopic (exact) mass is 363 g/mol. The van der Waals surface area contributed by atoms with Crippen LogP contribution in [0.3, 0.4) is 0 Å². The predicted molar refractivity (Wildman–Crippen MR) is 74.9 cm³/mol. The second-order valence-corrected chi connectivity index (χ2v) is 5.73. The normalized spacial score (nSPS) is 19.4. The summed E-state index contributed by atoms with van der Waals surface area (Å²) in [7, 11) is 1.65. The average Bonchev–Trinajstić information content (AvgIpc) is 2.82. The summed E-state index contributed by atoms with van der Waals surface area (Å²) in [6.45, 7) is 1.80. The van der Waals surface area contributed by atoms with E-state index in [1.807, 2.05) is 12.1 Å². The standard InChI is InChI=1S/C12H15Br2NO2/c1-16-11-5-10(14)12(6-9(11)13)17-7-8-3-2-4-15-8/h5-6,8,15H,2-4,7H2,1H3/t8-/m0/s1. The topological polar surface area (TPSA) is 30.5 Å². The first-order chi connectivity index (χ1) is 8.20. The lowest BCUT2D eigenvalue weighted by molar-refractivity contribution is 0.275. The second kappa shape index (κ2) is 6.07. The van der Waals surface area contributed by atoms with Gasteiger partial charge in [0.25, 0.3) is 0 Å². The van der Waals surface area contributed by atoms with Crippen LogP contribution in [0.5, 0.6) is 11.5 Å². The minimum Gasteiger partial charge on any atom is -0.496 e. The van der Waals surface area contributed by atoms with Crippen LogP contribution in [0.4, 0.5) is 0 Å². The Balaban J connectivity index is 2.02. The van der Waals surface area contributed by atoms with E-state index in [1.165, 1.54) is 12.8 Å². The van der Waals surface area contributed by atoms with E-state index >= 15 is 0 Å². The molecule has 0 radical (unpaired) electrons. The zero-order chi connectivity index (χ0) is 12.3. The summed E-state index contributed by atoms with van der Waals surface area (Å²) in [5.41, 5.74) is 0. The van der Waals surface area contributed by atoms with E-state index in [0.29, 0.717) is 12.6 Å². The Bertz CT molecular complexity index is 392. The number of hydrogen-bond donors (Lipinski definition) is 1. The van der Waals surface area contributed by atoms with Crippen molar-refractivity contribution in [3.8, 4) is 11.5 Å². The third kappa shape index (κ3) is 3.36. The lowest BCUT2D eigenvalue weighted by Crippen LogP contribution is -2.28. The van der Waals surface area contributed by atoms with Gasteiger partial charge in [-0.05, 0) is 63.4 Å². The molecule has 2 rings (SSSR count). The van der Waals surface area contributed by atoms with Crippen LogP contribution in [0, 0.1) is 0 Å². The van der Waals surface area contributed by atoms with Gasteiger partial charge >= 0.3 is 0 Å². The van der Waals surface area contributed by atoms with Crippen molar-refractivity contribution in [2.24, 2.45) is 0 Å². The fourth-order valence-electron chi connectivity index (χ4n) is 1.87. The second-order valence-electron chi connectivity index (χ2n) is 4.02. The molecule has 0 amide bonds. The van der Waals surface area contributed by atoms with Crippen molar-refractivity contribution in [3.63, 3.8) is 0 Å². The molecule has 0 saturated carbocycles. The third-order valence-corrected chi connectivity index (χ3v) is 4.05. The summed E-state index contributed by atoms with van der Waals surface area (Å²) in [4.78, 5) is 0. The van der Waals surface area contributed by atoms with Gasteiger partial charge in [-0.3, -0.25) is 0 Å². The lowest BCUT2D eigenvalue weighted by Gasteiger charge is -2.14. The molecule has 0 spiro atoms. The van der Waals surface area contributed by atoms with Crippen molar-refractivity contribution in [2.75, 3.05) is 20.3 Å². The van der Waals surface area contributed by atoms with Crippen molar-refractivity contribution in [1.82, 2.24) is 5.32 Å². The van der Waals surface area contributed by atoms with E-state index in [1.54, 1.807) is 7.11 Å². The molecule has 0 aliphatic carbocycles. The van der Waals surface area contributed by atoms with E-state index in [-0.39, 0.29) is 0 Å². The van der Waals surface area contributed by atoms with Crippen LogP contribution in [-0.4, -0.2) is 26.3 Å². The smallest absolute Gasteiger partial charge is 0.134 e. The number of halogens is 2. The van der Waals surface area contributed by atoms with Crippen molar-refractivity contribution < 1.29 is 9.47 Å². The van der Waals surface area contributed by atoms with Crippen LogP contribution >= 0.6 is 31.9 Å². The molecule has 1 heterocycles. The summed E-state index contributed by atoms with van der Waals surface area (Å²) in [5, 5.41) is 3.41. The quantitative estimate of drug-likeness (QED) is 0.888. The van der Waals surface area contributed by atoms with E-state index in [0.717, 1.165) is 27.0 Å². The molecule has 5 heteroatoms. The van der Waals surface area contributed by atoms with Crippen molar-refractivity contribution in [2.45, 2.75) is 18.9 Å². The van der Waals surface area contributed by atoms with Crippen LogP contribution in [-0.2, 0) is 0 Å². The number of nitrogens with one attached hydrogen (secondary N) is 1. The minimum absolute atomic E-state index is 0.475. The number of rotatable bonds is 4. The highest BCUT2D eigenvalue weighted by molar-refractivity contribution is 9.11. The van der Waals surface area contributed by atoms with Gasteiger partial charge in [0.05, 0.1) is 16.1 Å². The van der Waals surface area contributed by atoms with Gasteiger partial charge in [0, 0.05) is 6.04 Å². The maximum Gasteiger partial charge on any atom is 0.134 e. The Labute approximate surface area is 118 Å². The molecule has 17 heavy (non-hydrogen) atoms. The molecule has 1 aromatic rings. The zero-order valence-electron chi connectivity index (χ0n) is 9.63. The number of methoxy groups -OCH3 is 1. The highest BCUT2D eigenvalue weighted by Gasteiger charge is 2.15. The van der Waals surface area contributed by atoms with Gasteiger partial charge < -0.3 is 14.8 Å². The molecule has 1 aromatic carbocycles. The highest BCUT2D eigenvalue weighted by Crippen LogP contribution is 2.36. The van der Waals surface area contributed by atoms with Crippen LogP contribution < -0.4 is 14.8 Å². The number of benzene rings is 1. The molecular formula is C12H15Br2NO2. The van der Waals surface area contributed by atoms with Crippen LogP contribution in [0.15, 0.2) is 21.1 Å². The van der Waals surface area contributed by atoms with Gasteiger partial charge in [0.1, 0.15) is 18.1 Å². The molecule has 1 fully saturated rings. The first-order valence-corrected chi connectivity index (χ1v) is 7.18. The van der Waals surface area contributed by atoms with E-state index in [9.17, 15) is 0 Å². The summed E-state index contributed by atoms with van der Waals surface area (Å²) < 4.78 is 12.8. The minimum atomic E-state index is 0.475. The summed E-state index contributed by atoms with van der Waals surface area (Å²) in [6.07, 6.45) is 2.43. The van der Waals surface area contributed by atoms with Crippen molar-refractivity contribution in [1.29, 1.82) is 0 Å². The zero-order valence-corrected chi connectivity index (χ0v) is 12.8. The van der Waals surface area contributed by atoms with Crippen LogP contribution in [0.1, 0.15) is 12.8 Å². The third-order valence-electron chi connectivity index (χ3n) is 2.81. The van der Waals surface area contributed by atoms with Gasteiger partial charge in [0.2, 0.25) is 0 Å². The lowest BCUT2D eigenvalue weighted by atomic mass is 10.2. The van der Waals surface area contributed by atoms with Gasteiger partial charge in [-0.2, -0.15) is 0 Å². The molecule has 0 bridgehead atoms. The number of ether oxygens (including phenoxy) is 2. The maximum absolute atomic E-state index is 5.81. The Morgan fingerprint density at radius 1 is 1.29 bits per heavy atom. The SMILES string of the molecule is COc1cc(Br)c(OC[C@@H]2CCCN2)cc1Br. The van der Waals surface area contributed by atoms with Crippen molar-refractivity contribution >= 4 is 31.9 Å². The molecule has 1 aliphatic heterocycles. The Hall–Kier alpha value is -0.260. The fourth-order valence-corrected chi connectivity index (χ4v) is 2.79. The largest absolute Gasteiger partial charge is 0.496 e. The fraction of sp³-hybridized carbons (Fsp3) is 0.500. The molecule has 1 aliphatic rings. The molecule has 1 atom stereocenters. The Morgan fingerprint density at radius 2 is 2.00 bits per heavy atom. The number of hydrogen-bond acceptors (Lipinski definition) is 3. The van der Waals surface area contributed by atoms with E-state index in [2.05, 4.69) is 37.2 Å². The Kier molecular flexibility index (Phi) is 4.70.